The quantitative estimate of drug-likeness (QED) is 0.423. The Bertz CT molecular complexity index is 1470. The lowest BCUT2D eigenvalue weighted by Gasteiger charge is -2.36. The third-order valence-electron chi connectivity index (χ3n) is 6.39. The highest BCUT2D eigenvalue weighted by Gasteiger charge is 2.31. The van der Waals surface area contributed by atoms with Crippen LogP contribution in [0, 0.1) is 0 Å². The smallest absolute Gasteiger partial charge is 0.368 e. The van der Waals surface area contributed by atoms with Crippen LogP contribution in [-0.2, 0) is 17.5 Å². The van der Waals surface area contributed by atoms with Gasteiger partial charge in [0.05, 0.1) is 11.3 Å². The Balaban J connectivity index is 1.29. The number of halogens is 3. The molecule has 1 aliphatic heterocycles. The largest absolute Gasteiger partial charge is 0.416 e. The molecule has 1 aliphatic rings. The summed E-state index contributed by atoms with van der Waals surface area (Å²) in [7, 11) is 0. The standard InChI is InChI=1S/C27H23F3N4O2/c28-27(29,30)20-7-4-8-21(17-20)32-13-15-33(16-14-32)26(36)18-34-25(35)12-11-24(31-34)23-10-3-6-19-5-1-2-9-22(19)23/h1-12,17H,13-16,18H2. The number of hydrogen-bond acceptors (Lipinski definition) is 4. The monoisotopic (exact) mass is 492 g/mol. The molecule has 0 radical (unpaired) electrons. The van der Waals surface area contributed by atoms with E-state index < -0.39 is 11.7 Å². The second-order valence-electron chi connectivity index (χ2n) is 8.66. The van der Waals surface area contributed by atoms with E-state index in [-0.39, 0.29) is 18.0 Å². The number of carbonyl (C=O) groups excluding carboxylic acids is 1. The summed E-state index contributed by atoms with van der Waals surface area (Å²) in [6.45, 7) is 1.26. The minimum absolute atomic E-state index is 0.207. The highest BCUT2D eigenvalue weighted by Crippen LogP contribution is 2.32. The van der Waals surface area contributed by atoms with Crippen LogP contribution in [0.4, 0.5) is 18.9 Å². The maximum absolute atomic E-state index is 13.1. The van der Waals surface area contributed by atoms with Crippen molar-refractivity contribution in [2.45, 2.75) is 12.7 Å². The fourth-order valence-electron chi connectivity index (χ4n) is 4.48. The lowest BCUT2D eigenvalue weighted by atomic mass is 10.0. The number of aromatic nitrogens is 2. The van der Waals surface area contributed by atoms with Gasteiger partial charge in [-0.1, -0.05) is 48.5 Å². The van der Waals surface area contributed by atoms with Crippen LogP contribution >= 0.6 is 0 Å². The van der Waals surface area contributed by atoms with Gasteiger partial charge in [-0.15, -0.1) is 0 Å². The number of carbonyl (C=O) groups is 1. The summed E-state index contributed by atoms with van der Waals surface area (Å²) in [6, 6.07) is 22.0. The fourth-order valence-corrected chi connectivity index (χ4v) is 4.48. The summed E-state index contributed by atoms with van der Waals surface area (Å²) < 4.78 is 40.3. The summed E-state index contributed by atoms with van der Waals surface area (Å²) in [5.41, 5.74) is 0.847. The summed E-state index contributed by atoms with van der Waals surface area (Å²) >= 11 is 0. The summed E-state index contributed by atoms with van der Waals surface area (Å²) in [5.74, 6) is -0.261. The zero-order valence-corrected chi connectivity index (χ0v) is 19.3. The van der Waals surface area contributed by atoms with E-state index >= 15 is 0 Å². The Labute approximate surface area is 205 Å². The van der Waals surface area contributed by atoms with Crippen LogP contribution < -0.4 is 10.5 Å². The van der Waals surface area contributed by atoms with Crippen LogP contribution in [0.15, 0.2) is 83.7 Å². The van der Waals surface area contributed by atoms with Gasteiger partial charge in [0.1, 0.15) is 6.54 Å². The topological polar surface area (TPSA) is 58.4 Å². The Morgan fingerprint density at radius 2 is 1.58 bits per heavy atom. The van der Waals surface area contributed by atoms with E-state index in [1.54, 1.807) is 17.0 Å². The molecule has 0 atom stereocenters. The summed E-state index contributed by atoms with van der Waals surface area (Å²) in [6.07, 6.45) is -4.41. The molecule has 5 rings (SSSR count). The van der Waals surface area contributed by atoms with Gasteiger partial charge in [-0.25, -0.2) is 4.68 Å². The van der Waals surface area contributed by atoms with Crippen molar-refractivity contribution in [1.29, 1.82) is 0 Å². The van der Waals surface area contributed by atoms with Gasteiger partial charge in [-0.3, -0.25) is 9.59 Å². The summed E-state index contributed by atoms with van der Waals surface area (Å²) in [5, 5.41) is 6.50. The van der Waals surface area contributed by atoms with Crippen molar-refractivity contribution in [3.05, 3.63) is 94.8 Å². The molecule has 0 bridgehead atoms. The maximum atomic E-state index is 13.1. The van der Waals surface area contributed by atoms with Crippen LogP contribution in [0.25, 0.3) is 22.0 Å². The molecule has 3 aromatic carbocycles. The highest BCUT2D eigenvalue weighted by molar-refractivity contribution is 5.95. The molecule has 1 aromatic heterocycles. The molecule has 0 aliphatic carbocycles. The van der Waals surface area contributed by atoms with Gasteiger partial charge < -0.3 is 9.80 Å². The third-order valence-corrected chi connectivity index (χ3v) is 6.39. The zero-order valence-electron chi connectivity index (χ0n) is 19.3. The van der Waals surface area contributed by atoms with E-state index in [0.717, 1.165) is 28.5 Å². The molecule has 0 spiro atoms. The van der Waals surface area contributed by atoms with Crippen LogP contribution in [0.1, 0.15) is 5.56 Å². The number of amides is 1. The molecule has 4 aromatic rings. The van der Waals surface area contributed by atoms with Gasteiger partial charge in [-0.2, -0.15) is 18.3 Å². The first kappa shape index (κ1) is 23.6. The minimum Gasteiger partial charge on any atom is -0.368 e. The molecule has 184 valence electrons. The summed E-state index contributed by atoms with van der Waals surface area (Å²) in [4.78, 5) is 28.9. The first-order valence-electron chi connectivity index (χ1n) is 11.6. The van der Waals surface area contributed by atoms with Crippen molar-refractivity contribution in [3.8, 4) is 11.3 Å². The Morgan fingerprint density at radius 3 is 2.36 bits per heavy atom. The lowest BCUT2D eigenvalue weighted by molar-refractivity contribution is -0.137. The minimum atomic E-state index is -4.41. The Hall–Kier alpha value is -4.14. The fraction of sp³-hybridized carbons (Fsp3) is 0.222. The normalized spacial score (nSPS) is 14.3. The highest BCUT2D eigenvalue weighted by atomic mass is 19.4. The number of benzene rings is 3. The van der Waals surface area contributed by atoms with E-state index in [1.165, 1.54) is 16.8 Å². The number of fused-ring (bicyclic) bond motifs is 1. The van der Waals surface area contributed by atoms with Crippen molar-refractivity contribution in [2.75, 3.05) is 31.1 Å². The number of nitrogens with zero attached hydrogens (tertiary/aromatic N) is 4. The van der Waals surface area contributed by atoms with Gasteiger partial charge in [-0.05, 0) is 35.0 Å². The van der Waals surface area contributed by atoms with Crippen LogP contribution in [-0.4, -0.2) is 46.8 Å². The number of anilines is 1. The number of alkyl halides is 3. The number of piperazine rings is 1. The predicted octanol–water partition coefficient (Wildman–Crippen LogP) is 4.43. The molecule has 0 N–H and O–H groups in total. The maximum Gasteiger partial charge on any atom is 0.416 e. The second-order valence-corrected chi connectivity index (χ2v) is 8.66. The van der Waals surface area contributed by atoms with E-state index in [9.17, 15) is 22.8 Å². The molecule has 36 heavy (non-hydrogen) atoms. The van der Waals surface area contributed by atoms with E-state index in [2.05, 4.69) is 5.10 Å². The van der Waals surface area contributed by atoms with Crippen molar-refractivity contribution >= 4 is 22.4 Å². The molecule has 0 unspecified atom stereocenters. The van der Waals surface area contributed by atoms with Crippen LogP contribution in [0.2, 0.25) is 0 Å². The molecular weight excluding hydrogens is 469 g/mol. The molecule has 2 heterocycles. The van der Waals surface area contributed by atoms with E-state index in [0.29, 0.717) is 37.6 Å². The van der Waals surface area contributed by atoms with Gasteiger partial charge in [0.25, 0.3) is 5.56 Å². The molecule has 6 nitrogen and oxygen atoms in total. The van der Waals surface area contributed by atoms with Crippen LogP contribution in [0.3, 0.4) is 0 Å². The van der Waals surface area contributed by atoms with E-state index in [1.807, 2.05) is 47.4 Å². The van der Waals surface area contributed by atoms with Gasteiger partial charge in [0.15, 0.2) is 0 Å². The van der Waals surface area contributed by atoms with Crippen molar-refractivity contribution in [2.24, 2.45) is 0 Å². The molecule has 0 saturated carbocycles. The first-order chi connectivity index (χ1) is 17.3. The van der Waals surface area contributed by atoms with Crippen molar-refractivity contribution in [3.63, 3.8) is 0 Å². The molecule has 1 amide bonds. The first-order valence-corrected chi connectivity index (χ1v) is 11.6. The SMILES string of the molecule is O=C(Cn1nc(-c2cccc3ccccc23)ccc1=O)N1CCN(c2cccc(C(F)(F)F)c2)CC1. The molecular formula is C27H23F3N4O2. The van der Waals surface area contributed by atoms with Gasteiger partial charge in [0.2, 0.25) is 5.91 Å². The zero-order chi connectivity index (χ0) is 25.3. The average Bonchev–Trinajstić information content (AvgIpc) is 2.89. The predicted molar refractivity (Wildman–Crippen MR) is 132 cm³/mol. The Kier molecular flexibility index (Phi) is 6.22. The number of hydrogen-bond donors (Lipinski definition) is 0. The van der Waals surface area contributed by atoms with Crippen molar-refractivity contribution < 1.29 is 18.0 Å². The van der Waals surface area contributed by atoms with E-state index in [4.69, 9.17) is 0 Å². The third kappa shape index (κ3) is 4.82. The Morgan fingerprint density at radius 1 is 0.861 bits per heavy atom. The lowest BCUT2D eigenvalue weighted by Crippen LogP contribution is -2.50. The number of rotatable bonds is 4. The molecule has 9 heteroatoms. The van der Waals surface area contributed by atoms with Gasteiger partial charge in [0, 0.05) is 43.5 Å². The second kappa shape index (κ2) is 9.49. The average molecular weight is 493 g/mol. The van der Waals surface area contributed by atoms with Crippen LogP contribution in [0.5, 0.6) is 0 Å². The van der Waals surface area contributed by atoms with Gasteiger partial charge >= 0.3 is 6.18 Å². The molecule has 1 fully saturated rings. The van der Waals surface area contributed by atoms with Crippen molar-refractivity contribution in [1.82, 2.24) is 14.7 Å². The molecule has 1 saturated heterocycles.